The number of anilines is 1. The molecule has 224 valence electrons. The van der Waals surface area contributed by atoms with Crippen LogP contribution in [0.3, 0.4) is 0 Å². The number of hydrogen-bond donors (Lipinski definition) is 2. The van der Waals surface area contributed by atoms with Crippen LogP contribution in [0.25, 0.3) is 11.0 Å². The van der Waals surface area contributed by atoms with Crippen LogP contribution in [0.5, 0.6) is 17.2 Å². The molecule has 1 unspecified atom stereocenters. The number of fused-ring (bicyclic) bond motifs is 1. The van der Waals surface area contributed by atoms with Gasteiger partial charge in [0.25, 0.3) is 5.91 Å². The number of amides is 1. The molecular weight excluding hydrogens is 677 g/mol. The zero-order valence-corrected chi connectivity index (χ0v) is 26.1. The van der Waals surface area contributed by atoms with E-state index in [1.165, 1.54) is 61.2 Å². The van der Waals surface area contributed by atoms with Crippen LogP contribution in [-0.2, 0) is 10.5 Å². The van der Waals surface area contributed by atoms with E-state index in [9.17, 15) is 24.2 Å². The smallest absolute Gasteiger partial charge is 0.296 e. The van der Waals surface area contributed by atoms with Crippen LogP contribution < -0.4 is 14.4 Å². The van der Waals surface area contributed by atoms with Crippen molar-refractivity contribution >= 4 is 66.8 Å². The molecular formula is C30H21BrFN3O7S2. The van der Waals surface area contributed by atoms with Gasteiger partial charge in [-0.25, -0.2) is 4.39 Å². The minimum absolute atomic E-state index is 0.0706. The summed E-state index contributed by atoms with van der Waals surface area (Å²) in [6.45, 7) is 0. The maximum absolute atomic E-state index is 14.0. The third kappa shape index (κ3) is 5.29. The first-order valence-corrected chi connectivity index (χ1v) is 15.4. The Bertz CT molecular complexity index is 1960. The number of benzene rings is 3. The van der Waals surface area contributed by atoms with Gasteiger partial charge in [0.2, 0.25) is 10.9 Å². The molecule has 2 aromatic heterocycles. The van der Waals surface area contributed by atoms with E-state index in [4.69, 9.17) is 13.9 Å². The molecule has 0 saturated heterocycles. The molecule has 3 heterocycles. The first kappa shape index (κ1) is 29.7. The Morgan fingerprint density at radius 3 is 2.57 bits per heavy atom. The largest absolute Gasteiger partial charge is 0.503 e. The predicted molar refractivity (Wildman–Crippen MR) is 165 cm³/mol. The number of hydrogen-bond acceptors (Lipinski definition) is 11. The molecule has 5 aromatic rings. The van der Waals surface area contributed by atoms with Crippen molar-refractivity contribution in [2.45, 2.75) is 16.1 Å². The quantitative estimate of drug-likeness (QED) is 0.0943. The van der Waals surface area contributed by atoms with Gasteiger partial charge in [-0.05, 0) is 63.5 Å². The Morgan fingerprint density at radius 1 is 1.09 bits per heavy atom. The summed E-state index contributed by atoms with van der Waals surface area (Å²) < 4.78 is 30.6. The zero-order chi connectivity index (χ0) is 31.1. The fourth-order valence-electron chi connectivity index (χ4n) is 4.78. The Labute approximate surface area is 265 Å². The molecule has 14 heteroatoms. The van der Waals surface area contributed by atoms with E-state index in [1.54, 1.807) is 30.3 Å². The fourth-order valence-corrected chi connectivity index (χ4v) is 7.07. The molecule has 1 aliphatic heterocycles. The molecule has 6 rings (SSSR count). The van der Waals surface area contributed by atoms with E-state index < -0.39 is 23.5 Å². The van der Waals surface area contributed by atoms with Gasteiger partial charge < -0.3 is 24.1 Å². The summed E-state index contributed by atoms with van der Waals surface area (Å²) >= 11 is 5.72. The number of aromatic hydroxyl groups is 1. The van der Waals surface area contributed by atoms with Crippen molar-refractivity contribution in [1.29, 1.82) is 0 Å². The van der Waals surface area contributed by atoms with Gasteiger partial charge in [0.15, 0.2) is 38.7 Å². The number of thioether (sulfide) groups is 1. The van der Waals surface area contributed by atoms with Crippen molar-refractivity contribution in [2.24, 2.45) is 0 Å². The summed E-state index contributed by atoms with van der Waals surface area (Å²) in [7, 11) is 2.83. The van der Waals surface area contributed by atoms with E-state index in [0.717, 1.165) is 16.9 Å². The highest BCUT2D eigenvalue weighted by molar-refractivity contribution is 9.10. The second kappa shape index (κ2) is 11.9. The third-order valence-electron chi connectivity index (χ3n) is 6.87. The number of ketones is 1. The predicted octanol–water partition coefficient (Wildman–Crippen LogP) is 6.98. The Balaban J connectivity index is 1.41. The highest BCUT2D eigenvalue weighted by Gasteiger charge is 2.47. The lowest BCUT2D eigenvalue weighted by atomic mass is 9.95. The van der Waals surface area contributed by atoms with E-state index in [-0.39, 0.29) is 38.3 Å². The van der Waals surface area contributed by atoms with Gasteiger partial charge in [-0.2, -0.15) is 0 Å². The highest BCUT2D eigenvalue weighted by atomic mass is 79.9. The number of aliphatic hydroxyl groups excluding tert-OH is 1. The fraction of sp³-hybridized carbons (Fsp3) is 0.133. The number of Topliss-reactive ketones (excluding diaryl/α,β-unsaturated/α-hetero) is 1. The number of rotatable bonds is 9. The summed E-state index contributed by atoms with van der Waals surface area (Å²) in [6.07, 6.45) is 0. The van der Waals surface area contributed by atoms with Gasteiger partial charge in [0.1, 0.15) is 5.82 Å². The standard InChI is InChI=1S/C30H21BrFN3O7S2/c1-40-19-5-3-4-15-11-21(42-27(15)19)25(37)22-23(16-10-18(31)24(36)20(12-16)41-2)35(28(39)26(22)38)29-33-34-30(44-29)43-13-14-6-8-17(32)9-7-14/h3-12,23,36,38H,13H2,1-2H3. The SMILES string of the molecule is COc1cc(C2C(C(=O)c3cc4cccc(OC)c4o3)=C(O)C(=O)N2c2nnc(SCc3ccc(F)cc3)s2)cc(Br)c1O. The maximum Gasteiger partial charge on any atom is 0.296 e. The van der Waals surface area contributed by atoms with Crippen molar-refractivity contribution in [3.8, 4) is 17.2 Å². The number of methoxy groups -OCH3 is 2. The van der Waals surface area contributed by atoms with Gasteiger partial charge in [0.05, 0.1) is 30.3 Å². The zero-order valence-electron chi connectivity index (χ0n) is 22.9. The minimum Gasteiger partial charge on any atom is -0.503 e. The molecule has 1 aliphatic rings. The number of ether oxygens (including phenoxy) is 2. The number of phenols is 1. The number of aliphatic hydroxyl groups is 1. The number of nitrogens with zero attached hydrogens (tertiary/aromatic N) is 3. The van der Waals surface area contributed by atoms with Crippen LogP contribution in [0.15, 0.2) is 85.2 Å². The Hall–Kier alpha value is -4.40. The molecule has 0 aliphatic carbocycles. The molecule has 44 heavy (non-hydrogen) atoms. The van der Waals surface area contributed by atoms with Crippen molar-refractivity contribution in [1.82, 2.24) is 10.2 Å². The molecule has 1 amide bonds. The number of para-hydroxylation sites is 1. The van der Waals surface area contributed by atoms with E-state index >= 15 is 0 Å². The summed E-state index contributed by atoms with van der Waals surface area (Å²) in [5, 5.41) is 30.7. The molecule has 2 N–H and O–H groups in total. The number of halogens is 2. The molecule has 0 bridgehead atoms. The monoisotopic (exact) mass is 697 g/mol. The summed E-state index contributed by atoms with van der Waals surface area (Å²) in [4.78, 5) is 28.9. The Morgan fingerprint density at radius 2 is 1.84 bits per heavy atom. The maximum atomic E-state index is 14.0. The second-order valence-corrected chi connectivity index (χ2v) is 12.5. The van der Waals surface area contributed by atoms with Crippen LogP contribution in [0.1, 0.15) is 27.7 Å². The van der Waals surface area contributed by atoms with Gasteiger partial charge in [-0.1, -0.05) is 47.4 Å². The average molecular weight is 699 g/mol. The van der Waals surface area contributed by atoms with Crippen LogP contribution in [0.2, 0.25) is 0 Å². The topological polar surface area (TPSA) is 135 Å². The van der Waals surface area contributed by atoms with E-state index in [0.29, 0.717) is 32.4 Å². The number of phenolic OH excluding ortho intramolecular Hbond substituents is 1. The molecule has 0 fully saturated rings. The lowest BCUT2D eigenvalue weighted by Crippen LogP contribution is -2.31. The molecule has 0 saturated carbocycles. The number of aromatic nitrogens is 2. The molecule has 0 spiro atoms. The van der Waals surface area contributed by atoms with Crippen LogP contribution in [0, 0.1) is 5.82 Å². The summed E-state index contributed by atoms with van der Waals surface area (Å²) in [5.41, 5.74) is 1.26. The number of carbonyl (C=O) groups excluding carboxylic acids is 2. The molecule has 1 atom stereocenters. The van der Waals surface area contributed by atoms with Crippen molar-refractivity contribution in [3.63, 3.8) is 0 Å². The van der Waals surface area contributed by atoms with E-state index in [1.807, 2.05) is 0 Å². The summed E-state index contributed by atoms with van der Waals surface area (Å²) in [6, 6.07) is 14.5. The average Bonchev–Trinajstić information content (AvgIpc) is 3.74. The van der Waals surface area contributed by atoms with Crippen LogP contribution >= 0.6 is 39.0 Å². The number of carbonyl (C=O) groups is 2. The lowest BCUT2D eigenvalue weighted by Gasteiger charge is -2.24. The lowest BCUT2D eigenvalue weighted by molar-refractivity contribution is -0.117. The molecule has 3 aromatic carbocycles. The summed E-state index contributed by atoms with van der Waals surface area (Å²) in [5.74, 6) is -2.10. The molecule has 0 radical (unpaired) electrons. The minimum atomic E-state index is -1.20. The highest BCUT2D eigenvalue weighted by Crippen LogP contribution is 2.47. The van der Waals surface area contributed by atoms with Crippen LogP contribution in [-0.4, -0.2) is 46.3 Å². The first-order valence-electron chi connectivity index (χ1n) is 12.8. The van der Waals surface area contributed by atoms with Crippen molar-refractivity contribution in [2.75, 3.05) is 19.1 Å². The number of furan rings is 1. The van der Waals surface area contributed by atoms with Crippen molar-refractivity contribution in [3.05, 3.63) is 99.2 Å². The van der Waals surface area contributed by atoms with Crippen molar-refractivity contribution < 1.29 is 38.1 Å². The third-order valence-corrected chi connectivity index (χ3v) is 9.60. The normalized spacial score (nSPS) is 15.0. The first-order chi connectivity index (χ1) is 21.2. The van der Waals surface area contributed by atoms with Gasteiger partial charge in [-0.15, -0.1) is 10.2 Å². The van der Waals surface area contributed by atoms with Gasteiger partial charge in [-0.3, -0.25) is 14.5 Å². The Kier molecular flexibility index (Phi) is 8.05. The second-order valence-electron chi connectivity index (χ2n) is 9.48. The molecule has 10 nitrogen and oxygen atoms in total. The van der Waals surface area contributed by atoms with Crippen LogP contribution in [0.4, 0.5) is 9.52 Å². The van der Waals surface area contributed by atoms with Gasteiger partial charge >= 0.3 is 0 Å². The van der Waals surface area contributed by atoms with Gasteiger partial charge in [0, 0.05) is 11.1 Å². The van der Waals surface area contributed by atoms with E-state index in [2.05, 4.69) is 26.1 Å².